The molecular weight excluding hydrogens is 248 g/mol. The van der Waals surface area contributed by atoms with E-state index >= 15 is 0 Å². The molecule has 2 unspecified atom stereocenters. The number of hydrogen-bond acceptors (Lipinski definition) is 2. The monoisotopic (exact) mass is 262 g/mol. The second-order valence-electron chi connectivity index (χ2n) is 6.07. The lowest BCUT2D eigenvalue weighted by Crippen LogP contribution is -2.23. The summed E-state index contributed by atoms with van der Waals surface area (Å²) in [5.41, 5.74) is 5.00. The number of fused-ring (bicyclic) bond motifs is 7. The molecule has 20 heavy (non-hydrogen) atoms. The zero-order chi connectivity index (χ0) is 13.5. The molecule has 2 heteroatoms. The third-order valence-corrected chi connectivity index (χ3v) is 5.55. The normalized spacial score (nSPS) is 34.1. The lowest BCUT2D eigenvalue weighted by atomic mass is 9.85. The van der Waals surface area contributed by atoms with Gasteiger partial charge in [-0.3, -0.25) is 4.79 Å². The summed E-state index contributed by atoms with van der Waals surface area (Å²) in [4.78, 5) is 12.6. The molecule has 0 saturated heterocycles. The predicted octanol–water partition coefficient (Wildman–Crippen LogP) is 3.19. The average Bonchev–Trinajstić information content (AvgIpc) is 3.01. The smallest absolute Gasteiger partial charge is 0.314 e. The maximum absolute atomic E-state index is 12.6. The number of methoxy groups -OCH3 is 1. The Labute approximate surface area is 117 Å². The molecule has 0 radical (unpaired) electrons. The Morgan fingerprint density at radius 3 is 1.80 bits per heavy atom. The topological polar surface area (TPSA) is 26.3 Å². The van der Waals surface area contributed by atoms with Crippen molar-refractivity contribution in [3.8, 4) is 0 Å². The Balaban J connectivity index is 1.84. The molecule has 3 aliphatic carbocycles. The van der Waals surface area contributed by atoms with Crippen LogP contribution in [0.15, 0.2) is 48.5 Å². The van der Waals surface area contributed by atoms with Crippen LogP contribution >= 0.6 is 0 Å². The molecular formula is C18H14O2. The van der Waals surface area contributed by atoms with Crippen LogP contribution in [0.4, 0.5) is 0 Å². The SMILES string of the molecule is COC(=O)C12C3c4ccccc4[C@@H]1[C@@H]2c1ccccc13. The fraction of sp³-hybridized carbons (Fsp3) is 0.278. The first kappa shape index (κ1) is 10.7. The third kappa shape index (κ3) is 0.866. The number of benzene rings is 2. The van der Waals surface area contributed by atoms with Crippen molar-refractivity contribution in [1.82, 2.24) is 0 Å². The molecule has 4 atom stereocenters. The number of rotatable bonds is 1. The average molecular weight is 262 g/mol. The Kier molecular flexibility index (Phi) is 1.68. The van der Waals surface area contributed by atoms with Gasteiger partial charge in [-0.1, -0.05) is 48.5 Å². The molecule has 2 aromatic rings. The number of carbonyl (C=O) groups excluding carboxylic acids is 1. The van der Waals surface area contributed by atoms with Crippen LogP contribution in [0.25, 0.3) is 0 Å². The van der Waals surface area contributed by atoms with Crippen molar-refractivity contribution in [3.63, 3.8) is 0 Å². The number of ether oxygens (including phenoxy) is 1. The minimum absolute atomic E-state index is 0.0371. The van der Waals surface area contributed by atoms with Gasteiger partial charge in [-0.25, -0.2) is 0 Å². The molecule has 98 valence electrons. The van der Waals surface area contributed by atoms with Gasteiger partial charge in [0.15, 0.2) is 0 Å². The first-order valence-corrected chi connectivity index (χ1v) is 7.08. The largest absolute Gasteiger partial charge is 0.469 e. The molecule has 0 aromatic heterocycles. The lowest BCUT2D eigenvalue weighted by molar-refractivity contribution is -0.147. The molecule has 2 nitrogen and oxygen atoms in total. The van der Waals surface area contributed by atoms with Gasteiger partial charge < -0.3 is 4.74 Å². The zero-order valence-corrected chi connectivity index (χ0v) is 11.2. The second kappa shape index (κ2) is 3.14. The molecule has 1 fully saturated rings. The fourth-order valence-corrected chi connectivity index (χ4v) is 4.98. The van der Waals surface area contributed by atoms with Crippen LogP contribution in [0.3, 0.4) is 0 Å². The quantitative estimate of drug-likeness (QED) is 0.738. The molecule has 0 bridgehead atoms. The van der Waals surface area contributed by atoms with E-state index in [0.29, 0.717) is 11.8 Å². The summed E-state index contributed by atoms with van der Waals surface area (Å²) < 4.78 is 5.18. The summed E-state index contributed by atoms with van der Waals surface area (Å²) in [6.45, 7) is 0. The van der Waals surface area contributed by atoms with Gasteiger partial charge >= 0.3 is 5.97 Å². The maximum atomic E-state index is 12.6. The van der Waals surface area contributed by atoms with Gasteiger partial charge in [0.1, 0.15) is 0 Å². The molecule has 0 amide bonds. The van der Waals surface area contributed by atoms with E-state index in [2.05, 4.69) is 48.5 Å². The van der Waals surface area contributed by atoms with E-state index in [9.17, 15) is 4.79 Å². The van der Waals surface area contributed by atoms with Gasteiger partial charge in [0, 0.05) is 17.8 Å². The first-order chi connectivity index (χ1) is 9.81. The molecule has 0 spiro atoms. The molecule has 2 aromatic carbocycles. The van der Waals surface area contributed by atoms with E-state index in [1.54, 1.807) is 0 Å². The molecule has 1 saturated carbocycles. The van der Waals surface area contributed by atoms with Crippen molar-refractivity contribution in [2.75, 3.05) is 7.11 Å². The van der Waals surface area contributed by atoms with Crippen molar-refractivity contribution >= 4 is 5.97 Å². The molecule has 0 heterocycles. The second-order valence-corrected chi connectivity index (χ2v) is 6.07. The minimum atomic E-state index is -0.345. The van der Waals surface area contributed by atoms with Crippen molar-refractivity contribution in [3.05, 3.63) is 70.8 Å². The highest BCUT2D eigenvalue weighted by Crippen LogP contribution is 2.86. The van der Waals surface area contributed by atoms with Crippen molar-refractivity contribution in [2.24, 2.45) is 5.41 Å². The molecule has 5 rings (SSSR count). The highest BCUT2D eigenvalue weighted by atomic mass is 16.5. The number of carbonyl (C=O) groups is 1. The van der Waals surface area contributed by atoms with E-state index in [0.717, 1.165) is 0 Å². The van der Waals surface area contributed by atoms with E-state index in [1.807, 2.05) is 0 Å². The van der Waals surface area contributed by atoms with Gasteiger partial charge in [0.05, 0.1) is 12.5 Å². The summed E-state index contributed by atoms with van der Waals surface area (Å²) >= 11 is 0. The van der Waals surface area contributed by atoms with Crippen LogP contribution in [0.2, 0.25) is 0 Å². The number of esters is 1. The summed E-state index contributed by atoms with van der Waals surface area (Å²) in [5, 5.41) is 0. The van der Waals surface area contributed by atoms with E-state index in [4.69, 9.17) is 4.74 Å². The van der Waals surface area contributed by atoms with Crippen molar-refractivity contribution in [2.45, 2.75) is 17.8 Å². The molecule has 3 aliphatic rings. The Hall–Kier alpha value is -2.09. The van der Waals surface area contributed by atoms with E-state index < -0.39 is 0 Å². The molecule has 0 aliphatic heterocycles. The lowest BCUT2D eigenvalue weighted by Gasteiger charge is -2.19. The van der Waals surface area contributed by atoms with E-state index in [1.165, 1.54) is 29.4 Å². The van der Waals surface area contributed by atoms with Crippen LogP contribution in [-0.2, 0) is 9.53 Å². The maximum Gasteiger partial charge on any atom is 0.314 e. The summed E-state index contributed by atoms with van der Waals surface area (Å²) in [6, 6.07) is 17.0. The van der Waals surface area contributed by atoms with Gasteiger partial charge in [0.2, 0.25) is 0 Å². The first-order valence-electron chi connectivity index (χ1n) is 7.08. The van der Waals surface area contributed by atoms with E-state index in [-0.39, 0.29) is 17.3 Å². The van der Waals surface area contributed by atoms with Crippen molar-refractivity contribution in [1.29, 1.82) is 0 Å². The molecule has 0 N–H and O–H groups in total. The summed E-state index contributed by atoms with van der Waals surface area (Å²) in [7, 11) is 1.51. The number of hydrogen-bond donors (Lipinski definition) is 0. The Morgan fingerprint density at radius 2 is 1.35 bits per heavy atom. The van der Waals surface area contributed by atoms with Crippen LogP contribution in [0.1, 0.15) is 40.0 Å². The zero-order valence-electron chi connectivity index (χ0n) is 11.2. The minimum Gasteiger partial charge on any atom is -0.469 e. The van der Waals surface area contributed by atoms with Crippen LogP contribution < -0.4 is 0 Å². The third-order valence-electron chi connectivity index (χ3n) is 5.55. The van der Waals surface area contributed by atoms with Gasteiger partial charge in [-0.2, -0.15) is 0 Å². The van der Waals surface area contributed by atoms with Gasteiger partial charge in [0.25, 0.3) is 0 Å². The Bertz CT molecular complexity index is 708. The highest BCUT2D eigenvalue weighted by molar-refractivity contribution is 5.93. The summed E-state index contributed by atoms with van der Waals surface area (Å²) in [5.74, 6) is 0.805. The van der Waals surface area contributed by atoms with Crippen LogP contribution in [-0.4, -0.2) is 13.1 Å². The Morgan fingerprint density at radius 1 is 0.900 bits per heavy atom. The van der Waals surface area contributed by atoms with Crippen LogP contribution in [0.5, 0.6) is 0 Å². The van der Waals surface area contributed by atoms with Gasteiger partial charge in [-0.05, 0) is 22.3 Å². The summed E-state index contributed by atoms with van der Waals surface area (Å²) in [6.07, 6.45) is 0. The van der Waals surface area contributed by atoms with Crippen molar-refractivity contribution < 1.29 is 9.53 Å². The predicted molar refractivity (Wildman–Crippen MR) is 74.7 cm³/mol. The highest BCUT2D eigenvalue weighted by Gasteiger charge is 2.82. The van der Waals surface area contributed by atoms with Crippen LogP contribution in [0, 0.1) is 5.41 Å². The van der Waals surface area contributed by atoms with Gasteiger partial charge in [-0.15, -0.1) is 0 Å². The standard InChI is InChI=1S/C18H14O2/c1-20-17(19)18-14-10-6-2-4-8-12(10)15(18)16(18)13-9-5-3-7-11(13)14/h2-9,14-16H,1H3/t14?,15-,16+,18?. The fourth-order valence-electron chi connectivity index (χ4n) is 4.98.